The molecule has 136 valence electrons. The van der Waals surface area contributed by atoms with Crippen molar-refractivity contribution in [1.82, 2.24) is 4.90 Å². The minimum atomic E-state index is -0.378. The Morgan fingerprint density at radius 1 is 1.38 bits per heavy atom. The lowest BCUT2D eigenvalue weighted by Crippen LogP contribution is -2.46. The molecule has 3 atom stereocenters. The maximum absolute atomic E-state index is 12.4. The number of ether oxygens (including phenoxy) is 1. The van der Waals surface area contributed by atoms with Crippen LogP contribution in [-0.4, -0.2) is 42.6 Å². The van der Waals surface area contributed by atoms with E-state index in [4.69, 9.17) is 10.5 Å². The lowest BCUT2D eigenvalue weighted by Gasteiger charge is -2.24. The van der Waals surface area contributed by atoms with Gasteiger partial charge in [-0.05, 0) is 30.7 Å². The highest BCUT2D eigenvalue weighted by Crippen LogP contribution is 2.17. The van der Waals surface area contributed by atoms with Crippen LogP contribution in [0.3, 0.4) is 0 Å². The number of amides is 1. The van der Waals surface area contributed by atoms with Crippen LogP contribution in [0.25, 0.3) is 0 Å². The largest absolute Gasteiger partial charge is 0.376 e. The van der Waals surface area contributed by atoms with E-state index in [1.807, 2.05) is 17.9 Å². The Morgan fingerprint density at radius 2 is 2.08 bits per heavy atom. The number of nitrogens with zero attached hydrogens (tertiary/aromatic N) is 1. The average molecular weight is 355 g/mol. The average Bonchev–Trinajstić information content (AvgIpc) is 3.06. The molecule has 5 heteroatoms. The van der Waals surface area contributed by atoms with Crippen LogP contribution in [-0.2, 0) is 16.0 Å². The quantitative estimate of drug-likeness (QED) is 0.730. The second-order valence-corrected chi connectivity index (χ2v) is 6.57. The molecule has 2 rings (SSSR count). The molecule has 4 nitrogen and oxygen atoms in total. The standard InChI is InChI=1S/C19H30N2O2.ClH/c1-3-15(2)18(20)19(22)21-12-11-17(14-21)23-13-7-10-16-8-5-4-6-9-16;/h4-6,8-9,15,17-18H,3,7,10-14,20H2,1-2H3;1H. The molecule has 0 spiro atoms. The van der Waals surface area contributed by atoms with Gasteiger partial charge in [0.2, 0.25) is 5.91 Å². The van der Waals surface area contributed by atoms with Gasteiger partial charge < -0.3 is 15.4 Å². The molecule has 1 heterocycles. The van der Waals surface area contributed by atoms with Gasteiger partial charge in [-0.15, -0.1) is 12.4 Å². The van der Waals surface area contributed by atoms with Crippen LogP contribution >= 0.6 is 12.4 Å². The molecule has 1 aliphatic rings. The second kappa shape index (κ2) is 10.7. The number of benzene rings is 1. The number of likely N-dealkylation sites (tertiary alicyclic amines) is 1. The van der Waals surface area contributed by atoms with E-state index in [2.05, 4.69) is 31.2 Å². The van der Waals surface area contributed by atoms with Crippen molar-refractivity contribution < 1.29 is 9.53 Å². The highest BCUT2D eigenvalue weighted by atomic mass is 35.5. The number of carbonyl (C=O) groups excluding carboxylic acids is 1. The van der Waals surface area contributed by atoms with Gasteiger partial charge in [0.15, 0.2) is 0 Å². The van der Waals surface area contributed by atoms with E-state index >= 15 is 0 Å². The van der Waals surface area contributed by atoms with Crippen molar-refractivity contribution in [2.45, 2.75) is 51.7 Å². The highest BCUT2D eigenvalue weighted by molar-refractivity contribution is 5.85. The molecule has 24 heavy (non-hydrogen) atoms. The maximum atomic E-state index is 12.4. The van der Waals surface area contributed by atoms with Gasteiger partial charge in [0.25, 0.3) is 0 Å². The number of hydrogen-bond acceptors (Lipinski definition) is 3. The van der Waals surface area contributed by atoms with Gasteiger partial charge in [-0.1, -0.05) is 50.6 Å². The van der Waals surface area contributed by atoms with Crippen LogP contribution in [0.2, 0.25) is 0 Å². The lowest BCUT2D eigenvalue weighted by molar-refractivity contribution is -0.133. The van der Waals surface area contributed by atoms with Gasteiger partial charge >= 0.3 is 0 Å². The van der Waals surface area contributed by atoms with E-state index < -0.39 is 0 Å². The summed E-state index contributed by atoms with van der Waals surface area (Å²) in [7, 11) is 0. The van der Waals surface area contributed by atoms with Crippen LogP contribution in [0.4, 0.5) is 0 Å². The first-order valence-corrected chi connectivity index (χ1v) is 8.81. The van der Waals surface area contributed by atoms with Crippen molar-refractivity contribution in [3.63, 3.8) is 0 Å². The lowest BCUT2D eigenvalue weighted by atomic mass is 9.99. The minimum Gasteiger partial charge on any atom is -0.376 e. The first kappa shape index (κ1) is 20.9. The summed E-state index contributed by atoms with van der Waals surface area (Å²) < 4.78 is 5.94. The Labute approximate surface area is 152 Å². The van der Waals surface area contributed by atoms with E-state index in [-0.39, 0.29) is 36.4 Å². The van der Waals surface area contributed by atoms with Gasteiger partial charge in [0, 0.05) is 19.7 Å². The van der Waals surface area contributed by atoms with E-state index in [0.29, 0.717) is 6.54 Å². The van der Waals surface area contributed by atoms with Crippen LogP contribution in [0.1, 0.15) is 38.7 Å². The highest BCUT2D eigenvalue weighted by Gasteiger charge is 2.31. The fourth-order valence-electron chi connectivity index (χ4n) is 2.94. The minimum absolute atomic E-state index is 0. The van der Waals surface area contributed by atoms with Crippen LogP contribution < -0.4 is 5.73 Å². The topological polar surface area (TPSA) is 55.6 Å². The van der Waals surface area contributed by atoms with Crippen molar-refractivity contribution in [3.05, 3.63) is 35.9 Å². The molecular formula is C19H31ClN2O2. The van der Waals surface area contributed by atoms with Gasteiger partial charge in [0.05, 0.1) is 12.1 Å². The maximum Gasteiger partial charge on any atom is 0.239 e. The molecule has 3 unspecified atom stereocenters. The predicted octanol–water partition coefficient (Wildman–Crippen LogP) is 3.03. The molecule has 0 aromatic heterocycles. The predicted molar refractivity (Wildman–Crippen MR) is 100 cm³/mol. The van der Waals surface area contributed by atoms with E-state index in [0.717, 1.165) is 38.8 Å². The molecule has 1 aromatic rings. The first-order valence-electron chi connectivity index (χ1n) is 8.81. The van der Waals surface area contributed by atoms with Crippen molar-refractivity contribution in [3.8, 4) is 0 Å². The summed E-state index contributed by atoms with van der Waals surface area (Å²) in [5.41, 5.74) is 7.40. The third kappa shape index (κ3) is 6.08. The van der Waals surface area contributed by atoms with Crippen LogP contribution in [0.5, 0.6) is 0 Å². The zero-order valence-electron chi connectivity index (χ0n) is 14.8. The summed E-state index contributed by atoms with van der Waals surface area (Å²) in [6.45, 7) is 6.32. The Balaban J connectivity index is 0.00000288. The van der Waals surface area contributed by atoms with Crippen molar-refractivity contribution in [2.24, 2.45) is 11.7 Å². The van der Waals surface area contributed by atoms with Crippen LogP contribution in [0, 0.1) is 5.92 Å². The molecule has 2 N–H and O–H groups in total. The van der Waals surface area contributed by atoms with Gasteiger partial charge in [-0.2, -0.15) is 0 Å². The number of carbonyl (C=O) groups is 1. The smallest absolute Gasteiger partial charge is 0.239 e. The molecule has 0 saturated carbocycles. The Hall–Kier alpha value is -1.10. The molecule has 1 aliphatic heterocycles. The number of halogens is 1. The zero-order valence-corrected chi connectivity index (χ0v) is 15.6. The monoisotopic (exact) mass is 354 g/mol. The third-order valence-corrected chi connectivity index (χ3v) is 4.81. The van der Waals surface area contributed by atoms with Crippen molar-refractivity contribution in [1.29, 1.82) is 0 Å². The fourth-order valence-corrected chi connectivity index (χ4v) is 2.94. The normalized spacial score (nSPS) is 19.6. The molecule has 1 saturated heterocycles. The SMILES string of the molecule is CCC(C)C(N)C(=O)N1CCC(OCCCc2ccccc2)C1.Cl. The van der Waals surface area contributed by atoms with E-state index in [9.17, 15) is 4.79 Å². The summed E-state index contributed by atoms with van der Waals surface area (Å²) in [4.78, 5) is 14.2. The van der Waals surface area contributed by atoms with Gasteiger partial charge in [-0.3, -0.25) is 4.79 Å². The molecule has 0 aliphatic carbocycles. The number of nitrogens with two attached hydrogens (primary N) is 1. The summed E-state index contributed by atoms with van der Waals surface area (Å²) in [6.07, 6.45) is 4.07. The molecule has 1 fully saturated rings. The zero-order chi connectivity index (χ0) is 16.7. The third-order valence-electron chi connectivity index (χ3n) is 4.81. The Bertz CT molecular complexity index is 484. The Morgan fingerprint density at radius 3 is 2.75 bits per heavy atom. The Kier molecular flexibility index (Phi) is 9.34. The molecule has 1 aromatic carbocycles. The van der Waals surface area contributed by atoms with E-state index in [1.54, 1.807) is 0 Å². The molecular weight excluding hydrogens is 324 g/mol. The van der Waals surface area contributed by atoms with Crippen molar-refractivity contribution in [2.75, 3.05) is 19.7 Å². The molecule has 0 radical (unpaired) electrons. The number of aryl methyl sites for hydroxylation is 1. The summed E-state index contributed by atoms with van der Waals surface area (Å²) >= 11 is 0. The molecule has 1 amide bonds. The summed E-state index contributed by atoms with van der Waals surface area (Å²) in [5, 5.41) is 0. The van der Waals surface area contributed by atoms with Crippen LogP contribution in [0.15, 0.2) is 30.3 Å². The molecule has 0 bridgehead atoms. The number of rotatable bonds is 8. The first-order chi connectivity index (χ1) is 11.1. The second-order valence-electron chi connectivity index (χ2n) is 6.57. The summed E-state index contributed by atoms with van der Waals surface area (Å²) in [5.74, 6) is 0.308. The van der Waals surface area contributed by atoms with Gasteiger partial charge in [0.1, 0.15) is 0 Å². The summed E-state index contributed by atoms with van der Waals surface area (Å²) in [6, 6.07) is 10.1. The fraction of sp³-hybridized carbons (Fsp3) is 0.632. The van der Waals surface area contributed by atoms with E-state index in [1.165, 1.54) is 5.56 Å². The van der Waals surface area contributed by atoms with Crippen molar-refractivity contribution >= 4 is 18.3 Å². The van der Waals surface area contributed by atoms with Gasteiger partial charge in [-0.25, -0.2) is 0 Å². The number of hydrogen-bond donors (Lipinski definition) is 1.